The van der Waals surface area contributed by atoms with Gasteiger partial charge in [0.2, 0.25) is 0 Å². The van der Waals surface area contributed by atoms with Gasteiger partial charge >= 0.3 is 0 Å². The highest BCUT2D eigenvalue weighted by Crippen LogP contribution is 2.15. The first-order valence-electron chi connectivity index (χ1n) is 5.88. The summed E-state index contributed by atoms with van der Waals surface area (Å²) in [6, 6.07) is 0. The standard InChI is InChI=1S/C12H23N/c1-13-12-10-8-6-4-2-3-5-7-9-11-12/h2-11H2,1H3. The largest absolute Gasteiger partial charge is 0.297 e. The second-order valence-corrected chi connectivity index (χ2v) is 4.12. The summed E-state index contributed by atoms with van der Waals surface area (Å²) in [5, 5.41) is 0. The van der Waals surface area contributed by atoms with Gasteiger partial charge in [0.25, 0.3) is 0 Å². The molecule has 0 atom stereocenters. The third-order valence-electron chi connectivity index (χ3n) is 3.00. The van der Waals surface area contributed by atoms with Crippen molar-refractivity contribution in [2.45, 2.75) is 64.2 Å². The van der Waals surface area contributed by atoms with Gasteiger partial charge in [0.15, 0.2) is 0 Å². The highest BCUT2D eigenvalue weighted by molar-refractivity contribution is 5.84. The van der Waals surface area contributed by atoms with Gasteiger partial charge in [-0.15, -0.1) is 0 Å². The van der Waals surface area contributed by atoms with Crippen LogP contribution in [0.4, 0.5) is 0 Å². The molecule has 1 aliphatic rings. The molecule has 0 aromatic heterocycles. The van der Waals surface area contributed by atoms with Crippen molar-refractivity contribution in [2.75, 3.05) is 7.05 Å². The maximum Gasteiger partial charge on any atom is 0.0276 e. The lowest BCUT2D eigenvalue weighted by atomic mass is 10.1. The molecule has 1 aliphatic carbocycles. The van der Waals surface area contributed by atoms with Gasteiger partial charge in [-0.2, -0.15) is 0 Å². The molecule has 0 aliphatic heterocycles. The van der Waals surface area contributed by atoms with Crippen LogP contribution in [-0.4, -0.2) is 12.8 Å². The molecule has 0 spiro atoms. The van der Waals surface area contributed by atoms with Gasteiger partial charge in [0.1, 0.15) is 0 Å². The molecule has 0 bridgehead atoms. The van der Waals surface area contributed by atoms with Crippen LogP contribution in [0.25, 0.3) is 0 Å². The number of nitrogens with zero attached hydrogens (tertiary/aromatic N) is 1. The number of hydrogen-bond donors (Lipinski definition) is 0. The summed E-state index contributed by atoms with van der Waals surface area (Å²) < 4.78 is 0. The van der Waals surface area contributed by atoms with Crippen LogP contribution in [0, 0.1) is 0 Å². The van der Waals surface area contributed by atoms with E-state index in [1.54, 1.807) is 0 Å². The molecule has 13 heavy (non-hydrogen) atoms. The zero-order valence-electron chi connectivity index (χ0n) is 9.02. The molecule has 1 heteroatoms. The van der Waals surface area contributed by atoms with E-state index >= 15 is 0 Å². The molecule has 0 N–H and O–H groups in total. The van der Waals surface area contributed by atoms with Crippen molar-refractivity contribution >= 4 is 5.71 Å². The van der Waals surface area contributed by atoms with E-state index in [0.29, 0.717) is 0 Å². The Hall–Kier alpha value is -0.330. The molecule has 76 valence electrons. The lowest BCUT2D eigenvalue weighted by Crippen LogP contribution is -1.97. The predicted molar refractivity (Wildman–Crippen MR) is 59.5 cm³/mol. The van der Waals surface area contributed by atoms with Gasteiger partial charge in [-0.3, -0.25) is 4.99 Å². The van der Waals surface area contributed by atoms with Crippen LogP contribution in [0.2, 0.25) is 0 Å². The molecule has 1 saturated carbocycles. The molecule has 0 aromatic carbocycles. The lowest BCUT2D eigenvalue weighted by Gasteiger charge is -2.03. The van der Waals surface area contributed by atoms with Gasteiger partial charge in [-0.25, -0.2) is 0 Å². The monoisotopic (exact) mass is 181 g/mol. The molecule has 0 unspecified atom stereocenters. The van der Waals surface area contributed by atoms with Gasteiger partial charge in [-0.1, -0.05) is 38.5 Å². The predicted octanol–water partition coefficient (Wildman–Crippen LogP) is 3.97. The fourth-order valence-corrected chi connectivity index (χ4v) is 2.07. The third kappa shape index (κ3) is 5.07. The van der Waals surface area contributed by atoms with Gasteiger partial charge < -0.3 is 0 Å². The van der Waals surface area contributed by atoms with Crippen molar-refractivity contribution in [2.24, 2.45) is 4.99 Å². The van der Waals surface area contributed by atoms with E-state index in [9.17, 15) is 0 Å². The summed E-state index contributed by atoms with van der Waals surface area (Å²) in [7, 11) is 1.95. The van der Waals surface area contributed by atoms with Gasteiger partial charge in [0, 0.05) is 12.8 Å². The Labute approximate surface area is 82.6 Å². The van der Waals surface area contributed by atoms with Crippen molar-refractivity contribution in [3.63, 3.8) is 0 Å². The van der Waals surface area contributed by atoms with Crippen LogP contribution in [-0.2, 0) is 0 Å². The third-order valence-corrected chi connectivity index (χ3v) is 3.00. The fourth-order valence-electron chi connectivity index (χ4n) is 2.07. The minimum Gasteiger partial charge on any atom is -0.297 e. The van der Waals surface area contributed by atoms with Crippen molar-refractivity contribution < 1.29 is 0 Å². The lowest BCUT2D eigenvalue weighted by molar-refractivity contribution is 0.585. The summed E-state index contributed by atoms with van der Waals surface area (Å²) in [6.07, 6.45) is 13.9. The second kappa shape index (κ2) is 7.11. The van der Waals surface area contributed by atoms with E-state index in [1.807, 2.05) is 7.05 Å². The van der Waals surface area contributed by atoms with Crippen LogP contribution in [0.5, 0.6) is 0 Å². The Morgan fingerprint density at radius 3 is 1.46 bits per heavy atom. The zero-order valence-corrected chi connectivity index (χ0v) is 9.02. The average Bonchev–Trinajstić information content (AvgIpc) is 2.22. The van der Waals surface area contributed by atoms with Crippen LogP contribution in [0.1, 0.15) is 64.2 Å². The number of aliphatic imine (C=N–C) groups is 1. The highest BCUT2D eigenvalue weighted by Gasteiger charge is 2.01. The summed E-state index contributed by atoms with van der Waals surface area (Å²) in [5.41, 5.74) is 1.46. The molecule has 0 amide bonds. The first kappa shape index (κ1) is 10.7. The summed E-state index contributed by atoms with van der Waals surface area (Å²) in [4.78, 5) is 4.37. The smallest absolute Gasteiger partial charge is 0.0276 e. The van der Waals surface area contributed by atoms with Crippen LogP contribution in [0.15, 0.2) is 4.99 Å². The van der Waals surface area contributed by atoms with Crippen molar-refractivity contribution in [3.8, 4) is 0 Å². The van der Waals surface area contributed by atoms with Gasteiger partial charge in [-0.05, 0) is 25.7 Å². The summed E-state index contributed by atoms with van der Waals surface area (Å²) in [5.74, 6) is 0. The minimum atomic E-state index is 1.26. The normalized spacial score (nSPS) is 22.1. The molecule has 1 fully saturated rings. The van der Waals surface area contributed by atoms with Crippen molar-refractivity contribution in [1.29, 1.82) is 0 Å². The van der Waals surface area contributed by atoms with Crippen LogP contribution in [0.3, 0.4) is 0 Å². The molecular formula is C12H23N. The quantitative estimate of drug-likeness (QED) is 0.536. The molecule has 1 rings (SSSR count). The molecule has 0 saturated heterocycles. The van der Waals surface area contributed by atoms with Crippen molar-refractivity contribution in [3.05, 3.63) is 0 Å². The van der Waals surface area contributed by atoms with Crippen LogP contribution < -0.4 is 0 Å². The Bertz CT molecular complexity index is 135. The molecule has 1 nitrogen and oxygen atoms in total. The number of rotatable bonds is 0. The SMILES string of the molecule is CN=C1CCCCCCCCCC1. The zero-order chi connectivity index (χ0) is 9.36. The molecule has 0 aromatic rings. The van der Waals surface area contributed by atoms with E-state index in [0.717, 1.165) is 0 Å². The van der Waals surface area contributed by atoms with E-state index in [1.165, 1.54) is 69.9 Å². The topological polar surface area (TPSA) is 12.4 Å². The minimum absolute atomic E-state index is 1.26. The highest BCUT2D eigenvalue weighted by atomic mass is 14.7. The van der Waals surface area contributed by atoms with E-state index in [-0.39, 0.29) is 0 Å². The molecular weight excluding hydrogens is 158 g/mol. The Morgan fingerprint density at radius 2 is 1.08 bits per heavy atom. The maximum absolute atomic E-state index is 4.37. The van der Waals surface area contributed by atoms with Crippen molar-refractivity contribution in [1.82, 2.24) is 0 Å². The van der Waals surface area contributed by atoms with E-state index in [2.05, 4.69) is 4.99 Å². The Kier molecular flexibility index (Phi) is 5.88. The van der Waals surface area contributed by atoms with Gasteiger partial charge in [0.05, 0.1) is 0 Å². The average molecular weight is 181 g/mol. The summed E-state index contributed by atoms with van der Waals surface area (Å²) in [6.45, 7) is 0. The summed E-state index contributed by atoms with van der Waals surface area (Å²) >= 11 is 0. The first-order chi connectivity index (χ1) is 6.43. The first-order valence-corrected chi connectivity index (χ1v) is 5.88. The second-order valence-electron chi connectivity index (χ2n) is 4.12. The van der Waals surface area contributed by atoms with E-state index < -0.39 is 0 Å². The Morgan fingerprint density at radius 1 is 0.692 bits per heavy atom. The van der Waals surface area contributed by atoms with Crippen LogP contribution >= 0.6 is 0 Å². The molecule has 0 heterocycles. The molecule has 0 radical (unpaired) electrons. The fraction of sp³-hybridized carbons (Fsp3) is 0.917. The Balaban J connectivity index is 2.27. The maximum atomic E-state index is 4.37. The number of hydrogen-bond acceptors (Lipinski definition) is 1. The van der Waals surface area contributed by atoms with E-state index in [4.69, 9.17) is 0 Å².